The molecular formula is C9H21N5. The van der Waals surface area contributed by atoms with Crippen molar-refractivity contribution in [2.24, 2.45) is 5.73 Å². The van der Waals surface area contributed by atoms with Crippen LogP contribution in [0.15, 0.2) is 0 Å². The number of nitrogens with two attached hydrogens (primary N) is 1. The molecular weight excluding hydrogens is 178 g/mol. The van der Waals surface area contributed by atoms with Gasteiger partial charge in [-0.2, -0.15) is 0 Å². The smallest absolute Gasteiger partial charge is 0.188 e. The fourth-order valence-electron chi connectivity index (χ4n) is 1.55. The molecule has 0 aromatic carbocycles. The van der Waals surface area contributed by atoms with Crippen molar-refractivity contribution < 1.29 is 0 Å². The highest BCUT2D eigenvalue weighted by molar-refractivity contribution is 5.74. The molecule has 1 fully saturated rings. The lowest BCUT2D eigenvalue weighted by atomic mass is 10.3. The van der Waals surface area contributed by atoms with E-state index in [4.69, 9.17) is 11.1 Å². The molecule has 0 bridgehead atoms. The third-order valence-corrected chi connectivity index (χ3v) is 2.58. The Morgan fingerprint density at radius 2 is 1.86 bits per heavy atom. The van der Waals surface area contributed by atoms with E-state index in [2.05, 4.69) is 23.9 Å². The van der Waals surface area contributed by atoms with Crippen molar-refractivity contribution in [2.45, 2.75) is 0 Å². The summed E-state index contributed by atoms with van der Waals surface area (Å²) in [7, 11) is 4.18. The van der Waals surface area contributed by atoms with Gasteiger partial charge in [-0.25, -0.2) is 0 Å². The van der Waals surface area contributed by atoms with E-state index in [1.165, 1.54) is 0 Å². The summed E-state index contributed by atoms with van der Waals surface area (Å²) >= 11 is 0. The number of nitrogens with one attached hydrogen (secondary N) is 1. The lowest BCUT2D eigenvalue weighted by Gasteiger charge is -2.35. The zero-order valence-electron chi connectivity index (χ0n) is 9.16. The highest BCUT2D eigenvalue weighted by atomic mass is 15.3. The van der Waals surface area contributed by atoms with Gasteiger partial charge < -0.3 is 15.5 Å². The molecule has 1 saturated heterocycles. The van der Waals surface area contributed by atoms with Crippen molar-refractivity contribution >= 4 is 5.96 Å². The molecule has 14 heavy (non-hydrogen) atoms. The summed E-state index contributed by atoms with van der Waals surface area (Å²) < 4.78 is 0. The van der Waals surface area contributed by atoms with Gasteiger partial charge in [-0.15, -0.1) is 0 Å². The van der Waals surface area contributed by atoms with Crippen LogP contribution in [0.1, 0.15) is 0 Å². The van der Waals surface area contributed by atoms with Gasteiger partial charge in [0.15, 0.2) is 5.96 Å². The Bertz CT molecular complexity index is 184. The minimum Gasteiger partial charge on any atom is -0.370 e. The summed E-state index contributed by atoms with van der Waals surface area (Å²) in [5, 5.41) is 7.30. The van der Waals surface area contributed by atoms with E-state index < -0.39 is 0 Å². The summed E-state index contributed by atoms with van der Waals surface area (Å²) in [5.74, 6) is 0.206. The first-order chi connectivity index (χ1) is 6.59. The predicted octanol–water partition coefficient (Wildman–Crippen LogP) is -0.941. The molecule has 1 aliphatic heterocycles. The lowest BCUT2D eigenvalue weighted by Crippen LogP contribution is -2.51. The molecule has 0 aromatic rings. The Morgan fingerprint density at radius 1 is 1.29 bits per heavy atom. The van der Waals surface area contributed by atoms with Crippen molar-refractivity contribution in [3.8, 4) is 0 Å². The van der Waals surface area contributed by atoms with Crippen LogP contribution in [-0.4, -0.2) is 74.0 Å². The first-order valence-corrected chi connectivity index (χ1v) is 5.05. The van der Waals surface area contributed by atoms with Gasteiger partial charge in [0.1, 0.15) is 0 Å². The van der Waals surface area contributed by atoms with Crippen LogP contribution < -0.4 is 5.73 Å². The zero-order chi connectivity index (χ0) is 10.6. The summed E-state index contributed by atoms with van der Waals surface area (Å²) in [6.45, 7) is 6.03. The molecule has 82 valence electrons. The average molecular weight is 199 g/mol. The van der Waals surface area contributed by atoms with Crippen LogP contribution in [0.25, 0.3) is 0 Å². The standard InChI is InChI=1S/C9H21N5/c1-12(2)3-4-13-5-7-14(8-6-13)9(10)11/h3-8H2,1-2H3,(H3,10,11). The third-order valence-electron chi connectivity index (χ3n) is 2.58. The summed E-state index contributed by atoms with van der Waals surface area (Å²) in [5.41, 5.74) is 5.42. The summed E-state index contributed by atoms with van der Waals surface area (Å²) in [4.78, 5) is 6.53. The van der Waals surface area contributed by atoms with E-state index in [1.807, 2.05) is 4.90 Å². The monoisotopic (exact) mass is 199 g/mol. The van der Waals surface area contributed by atoms with Crippen molar-refractivity contribution in [1.29, 1.82) is 5.41 Å². The van der Waals surface area contributed by atoms with E-state index in [1.54, 1.807) is 0 Å². The number of piperazine rings is 1. The number of rotatable bonds is 3. The lowest BCUT2D eigenvalue weighted by molar-refractivity contribution is 0.168. The van der Waals surface area contributed by atoms with E-state index >= 15 is 0 Å². The number of nitrogens with zero attached hydrogens (tertiary/aromatic N) is 3. The number of hydrogen-bond donors (Lipinski definition) is 2. The molecule has 5 heteroatoms. The van der Waals surface area contributed by atoms with Crippen molar-refractivity contribution in [3.05, 3.63) is 0 Å². The minimum atomic E-state index is 0.206. The Kier molecular flexibility index (Phi) is 4.16. The first kappa shape index (κ1) is 11.3. The molecule has 0 unspecified atom stereocenters. The fraction of sp³-hybridized carbons (Fsp3) is 0.889. The van der Waals surface area contributed by atoms with Crippen LogP contribution >= 0.6 is 0 Å². The highest BCUT2D eigenvalue weighted by Gasteiger charge is 2.16. The van der Waals surface area contributed by atoms with Crippen LogP contribution in [-0.2, 0) is 0 Å². The van der Waals surface area contributed by atoms with Crippen LogP contribution in [0.4, 0.5) is 0 Å². The molecule has 0 amide bonds. The molecule has 0 aliphatic carbocycles. The van der Waals surface area contributed by atoms with Crippen LogP contribution in [0.5, 0.6) is 0 Å². The van der Waals surface area contributed by atoms with Gasteiger partial charge in [0.25, 0.3) is 0 Å². The van der Waals surface area contributed by atoms with Gasteiger partial charge in [-0.05, 0) is 14.1 Å². The van der Waals surface area contributed by atoms with Crippen LogP contribution in [0.3, 0.4) is 0 Å². The number of guanidine groups is 1. The Morgan fingerprint density at radius 3 is 2.29 bits per heavy atom. The van der Waals surface area contributed by atoms with Gasteiger partial charge >= 0.3 is 0 Å². The van der Waals surface area contributed by atoms with E-state index in [9.17, 15) is 0 Å². The number of hydrogen-bond acceptors (Lipinski definition) is 3. The van der Waals surface area contributed by atoms with Crippen molar-refractivity contribution in [2.75, 3.05) is 53.4 Å². The Balaban J connectivity index is 2.19. The fourth-order valence-corrected chi connectivity index (χ4v) is 1.55. The van der Waals surface area contributed by atoms with E-state index in [0.717, 1.165) is 39.3 Å². The summed E-state index contributed by atoms with van der Waals surface area (Å²) in [6, 6.07) is 0. The van der Waals surface area contributed by atoms with E-state index in [0.29, 0.717) is 0 Å². The SMILES string of the molecule is CN(C)CCN1CCN(C(=N)N)CC1. The van der Waals surface area contributed by atoms with Gasteiger partial charge in [0.05, 0.1) is 0 Å². The topological polar surface area (TPSA) is 59.6 Å². The second-order valence-corrected chi connectivity index (χ2v) is 4.02. The van der Waals surface area contributed by atoms with Crippen LogP contribution in [0, 0.1) is 5.41 Å². The van der Waals surface area contributed by atoms with Gasteiger partial charge in [-0.1, -0.05) is 0 Å². The molecule has 0 aromatic heterocycles. The van der Waals surface area contributed by atoms with Gasteiger partial charge in [0.2, 0.25) is 0 Å². The second kappa shape index (κ2) is 5.17. The minimum absolute atomic E-state index is 0.206. The molecule has 5 nitrogen and oxygen atoms in total. The first-order valence-electron chi connectivity index (χ1n) is 5.05. The van der Waals surface area contributed by atoms with Crippen molar-refractivity contribution in [1.82, 2.24) is 14.7 Å². The van der Waals surface area contributed by atoms with Gasteiger partial charge in [0, 0.05) is 39.3 Å². The molecule has 1 heterocycles. The zero-order valence-corrected chi connectivity index (χ0v) is 9.16. The quantitative estimate of drug-likeness (QED) is 0.455. The Labute approximate surface area is 86.0 Å². The maximum atomic E-state index is 7.30. The van der Waals surface area contributed by atoms with E-state index in [-0.39, 0.29) is 5.96 Å². The molecule has 0 spiro atoms. The maximum Gasteiger partial charge on any atom is 0.188 e. The second-order valence-electron chi connectivity index (χ2n) is 4.02. The highest BCUT2D eigenvalue weighted by Crippen LogP contribution is 2.00. The molecule has 1 rings (SSSR count). The third kappa shape index (κ3) is 3.51. The van der Waals surface area contributed by atoms with Gasteiger partial charge in [-0.3, -0.25) is 10.3 Å². The molecule has 3 N–H and O–H groups in total. The maximum absolute atomic E-state index is 7.30. The normalized spacial score (nSPS) is 18.9. The summed E-state index contributed by atoms with van der Waals surface area (Å²) in [6.07, 6.45) is 0. The molecule has 0 atom stereocenters. The molecule has 0 saturated carbocycles. The predicted molar refractivity (Wildman–Crippen MR) is 58.5 cm³/mol. The average Bonchev–Trinajstić information content (AvgIpc) is 2.15. The number of likely N-dealkylation sites (N-methyl/N-ethyl adjacent to an activating group) is 1. The largest absolute Gasteiger partial charge is 0.370 e. The molecule has 1 aliphatic rings. The molecule has 0 radical (unpaired) electrons. The van der Waals surface area contributed by atoms with Crippen LogP contribution in [0.2, 0.25) is 0 Å². The Hall–Kier alpha value is -0.810. The van der Waals surface area contributed by atoms with Crippen molar-refractivity contribution in [3.63, 3.8) is 0 Å².